The van der Waals surface area contributed by atoms with Crippen LogP contribution in [0.25, 0.3) is 0 Å². The van der Waals surface area contributed by atoms with Crippen LogP contribution in [0.2, 0.25) is 0 Å². The van der Waals surface area contributed by atoms with E-state index in [-0.39, 0.29) is 47.3 Å². The highest BCUT2D eigenvalue weighted by molar-refractivity contribution is 5.99. The first-order valence-electron chi connectivity index (χ1n) is 12.9. The molecule has 1 aromatic rings. The molecular formula is C27H40N4O4. The van der Waals surface area contributed by atoms with E-state index in [1.165, 1.54) is 0 Å². The zero-order valence-corrected chi connectivity index (χ0v) is 21.7. The summed E-state index contributed by atoms with van der Waals surface area (Å²) >= 11 is 0. The lowest BCUT2D eigenvalue weighted by molar-refractivity contribution is -0.132. The summed E-state index contributed by atoms with van der Waals surface area (Å²) in [4.78, 5) is 32.7. The van der Waals surface area contributed by atoms with E-state index in [0.717, 1.165) is 37.0 Å². The van der Waals surface area contributed by atoms with Gasteiger partial charge in [-0.3, -0.25) is 14.5 Å². The molecule has 2 amide bonds. The summed E-state index contributed by atoms with van der Waals surface area (Å²) in [5.74, 6) is 0.946. The van der Waals surface area contributed by atoms with Crippen LogP contribution in [0.1, 0.15) is 77.8 Å². The topological polar surface area (TPSA) is 106 Å². The SMILES string of the molecule is CCC1(CC)CC(NC(=O)[C@@H]2CC2[C@@H](CCOC)N2C(=O)CC(C)(C)N=C2N)c2ccccc2O1. The third kappa shape index (κ3) is 5.17. The normalized spacial score (nSPS) is 27.3. The lowest BCUT2D eigenvalue weighted by Gasteiger charge is -2.41. The first-order chi connectivity index (χ1) is 16.6. The van der Waals surface area contributed by atoms with Gasteiger partial charge in [0, 0.05) is 37.7 Å². The number of fused-ring (bicyclic) bond motifs is 1. The third-order valence-corrected chi connectivity index (χ3v) is 7.94. The summed E-state index contributed by atoms with van der Waals surface area (Å²) in [5, 5.41) is 3.32. The maximum Gasteiger partial charge on any atom is 0.231 e. The summed E-state index contributed by atoms with van der Waals surface area (Å²) in [6.07, 6.45) is 4.13. The van der Waals surface area contributed by atoms with Crippen molar-refractivity contribution in [3.63, 3.8) is 0 Å². The first kappa shape index (κ1) is 25.5. The van der Waals surface area contributed by atoms with E-state index in [9.17, 15) is 9.59 Å². The van der Waals surface area contributed by atoms with Gasteiger partial charge in [-0.15, -0.1) is 0 Å². The van der Waals surface area contributed by atoms with Crippen LogP contribution in [-0.2, 0) is 14.3 Å². The van der Waals surface area contributed by atoms with Crippen LogP contribution in [0.15, 0.2) is 29.3 Å². The highest BCUT2D eigenvalue weighted by atomic mass is 16.5. The van der Waals surface area contributed by atoms with Gasteiger partial charge >= 0.3 is 0 Å². The summed E-state index contributed by atoms with van der Waals surface area (Å²) in [6, 6.07) is 7.67. The predicted octanol–water partition coefficient (Wildman–Crippen LogP) is 3.55. The predicted molar refractivity (Wildman–Crippen MR) is 135 cm³/mol. The van der Waals surface area contributed by atoms with E-state index in [1.807, 2.05) is 38.1 Å². The van der Waals surface area contributed by atoms with Crippen molar-refractivity contribution in [2.75, 3.05) is 13.7 Å². The second-order valence-corrected chi connectivity index (χ2v) is 10.9. The van der Waals surface area contributed by atoms with Crippen molar-refractivity contribution in [2.45, 2.75) is 89.4 Å². The number of carbonyl (C=O) groups excluding carboxylic acids is 2. The van der Waals surface area contributed by atoms with Crippen molar-refractivity contribution >= 4 is 17.8 Å². The van der Waals surface area contributed by atoms with Gasteiger partial charge in [0.05, 0.1) is 18.0 Å². The Hall–Kier alpha value is -2.61. The van der Waals surface area contributed by atoms with E-state index in [1.54, 1.807) is 12.0 Å². The molecule has 192 valence electrons. The van der Waals surface area contributed by atoms with Gasteiger partial charge in [-0.05, 0) is 51.5 Å². The van der Waals surface area contributed by atoms with Crippen molar-refractivity contribution in [3.8, 4) is 5.75 Å². The standard InChI is InChI=1S/C27H40N4O4/c1-6-27(7-2)15-20(17-10-8-9-11-22(17)35-27)29-24(33)19-14-18(19)21(12-13-34-5)31-23(32)16-26(3,4)30-25(31)28/h8-11,18-21H,6-7,12-16H2,1-5H3,(H2,28,30)(H,29,33)/t18?,19-,20?,21-/m1/s1. The Labute approximate surface area is 208 Å². The molecule has 1 aliphatic carbocycles. The molecule has 35 heavy (non-hydrogen) atoms. The third-order valence-electron chi connectivity index (χ3n) is 7.94. The van der Waals surface area contributed by atoms with Gasteiger partial charge < -0.3 is 20.5 Å². The van der Waals surface area contributed by atoms with Gasteiger partial charge in [-0.2, -0.15) is 0 Å². The van der Waals surface area contributed by atoms with Gasteiger partial charge in [0.15, 0.2) is 5.96 Å². The van der Waals surface area contributed by atoms with Crippen LogP contribution >= 0.6 is 0 Å². The fourth-order valence-corrected chi connectivity index (χ4v) is 5.76. The van der Waals surface area contributed by atoms with E-state index >= 15 is 0 Å². The quantitative estimate of drug-likeness (QED) is 0.558. The fraction of sp³-hybridized carbons (Fsp3) is 0.667. The lowest BCUT2D eigenvalue weighted by Crippen LogP contribution is -2.55. The van der Waals surface area contributed by atoms with Crippen LogP contribution in [0.5, 0.6) is 5.75 Å². The van der Waals surface area contributed by atoms with E-state index in [0.29, 0.717) is 19.4 Å². The molecule has 4 atom stereocenters. The molecule has 0 bridgehead atoms. The monoisotopic (exact) mass is 484 g/mol. The molecular weight excluding hydrogens is 444 g/mol. The molecule has 2 heterocycles. The number of carbonyl (C=O) groups is 2. The molecule has 3 aliphatic rings. The Kier molecular flexibility index (Phi) is 7.13. The Balaban J connectivity index is 1.51. The second-order valence-electron chi connectivity index (χ2n) is 10.9. The van der Waals surface area contributed by atoms with Gasteiger partial charge in [0.1, 0.15) is 11.4 Å². The largest absolute Gasteiger partial charge is 0.487 e. The average Bonchev–Trinajstić information content (AvgIpc) is 3.60. The van der Waals surface area contributed by atoms with Crippen molar-refractivity contribution < 1.29 is 19.1 Å². The van der Waals surface area contributed by atoms with Crippen LogP contribution in [-0.4, -0.2) is 53.6 Å². The molecule has 0 saturated heterocycles. The Morgan fingerprint density at radius 1 is 1.31 bits per heavy atom. The highest BCUT2D eigenvalue weighted by Gasteiger charge is 2.52. The number of nitrogens with zero attached hydrogens (tertiary/aromatic N) is 2. The summed E-state index contributed by atoms with van der Waals surface area (Å²) in [6.45, 7) is 8.57. The Bertz CT molecular complexity index is 987. The van der Waals surface area contributed by atoms with Gasteiger partial charge in [0.2, 0.25) is 11.8 Å². The number of rotatable bonds is 9. The number of nitrogens with one attached hydrogen (secondary N) is 1. The number of hydrogen-bond donors (Lipinski definition) is 2. The highest BCUT2D eigenvalue weighted by Crippen LogP contribution is 2.47. The number of ether oxygens (including phenoxy) is 2. The number of guanidine groups is 1. The molecule has 3 N–H and O–H groups in total. The fourth-order valence-electron chi connectivity index (χ4n) is 5.76. The number of aliphatic imine (C=N–C) groups is 1. The number of hydrogen-bond acceptors (Lipinski definition) is 6. The smallest absolute Gasteiger partial charge is 0.231 e. The van der Waals surface area contributed by atoms with Crippen LogP contribution in [0, 0.1) is 11.8 Å². The Morgan fingerprint density at radius 3 is 2.69 bits per heavy atom. The molecule has 1 fully saturated rings. The van der Waals surface area contributed by atoms with Crippen LogP contribution in [0.3, 0.4) is 0 Å². The molecule has 2 unspecified atom stereocenters. The average molecular weight is 485 g/mol. The number of amides is 2. The molecule has 0 radical (unpaired) electrons. The first-order valence-corrected chi connectivity index (χ1v) is 12.9. The van der Waals surface area contributed by atoms with Crippen molar-refractivity contribution in [1.29, 1.82) is 0 Å². The van der Waals surface area contributed by atoms with E-state index in [4.69, 9.17) is 15.2 Å². The van der Waals surface area contributed by atoms with Gasteiger partial charge in [0.25, 0.3) is 0 Å². The maximum absolute atomic E-state index is 13.5. The van der Waals surface area contributed by atoms with Crippen LogP contribution in [0.4, 0.5) is 0 Å². The summed E-state index contributed by atoms with van der Waals surface area (Å²) in [7, 11) is 1.64. The molecule has 0 aromatic heterocycles. The summed E-state index contributed by atoms with van der Waals surface area (Å²) in [5.41, 5.74) is 6.50. The van der Waals surface area contributed by atoms with E-state index in [2.05, 4.69) is 24.2 Å². The molecule has 0 spiro atoms. The number of nitrogens with two attached hydrogens (primary N) is 1. The number of methoxy groups -OCH3 is 1. The van der Waals surface area contributed by atoms with Gasteiger partial charge in [-0.25, -0.2) is 4.99 Å². The second kappa shape index (κ2) is 9.80. The molecule has 8 heteroatoms. The Morgan fingerprint density at radius 2 is 2.03 bits per heavy atom. The van der Waals surface area contributed by atoms with Crippen molar-refractivity contribution in [2.24, 2.45) is 22.6 Å². The van der Waals surface area contributed by atoms with Gasteiger partial charge in [-0.1, -0.05) is 32.0 Å². The lowest BCUT2D eigenvalue weighted by atomic mass is 9.83. The minimum atomic E-state index is -0.509. The zero-order valence-electron chi connectivity index (χ0n) is 21.7. The molecule has 1 saturated carbocycles. The number of benzene rings is 1. The molecule has 8 nitrogen and oxygen atoms in total. The van der Waals surface area contributed by atoms with Crippen LogP contribution < -0.4 is 15.8 Å². The zero-order chi connectivity index (χ0) is 25.4. The van der Waals surface area contributed by atoms with Crippen molar-refractivity contribution in [3.05, 3.63) is 29.8 Å². The van der Waals surface area contributed by atoms with E-state index < -0.39 is 5.54 Å². The molecule has 1 aromatic carbocycles. The molecule has 2 aliphatic heterocycles. The van der Waals surface area contributed by atoms with Crippen molar-refractivity contribution in [1.82, 2.24) is 10.2 Å². The maximum atomic E-state index is 13.5. The minimum Gasteiger partial charge on any atom is -0.487 e. The minimum absolute atomic E-state index is 0.0283. The summed E-state index contributed by atoms with van der Waals surface area (Å²) < 4.78 is 11.7. The number of para-hydroxylation sites is 1. The molecule has 4 rings (SSSR count).